The summed E-state index contributed by atoms with van der Waals surface area (Å²) in [4.78, 5) is 13.1. The highest BCUT2D eigenvalue weighted by molar-refractivity contribution is 7.10. The number of benzene rings is 1. The highest BCUT2D eigenvalue weighted by atomic mass is 32.1. The highest BCUT2D eigenvalue weighted by Crippen LogP contribution is 2.32. The summed E-state index contributed by atoms with van der Waals surface area (Å²) in [6.07, 6.45) is 2.55. The van der Waals surface area contributed by atoms with Crippen LogP contribution in [0.2, 0.25) is 0 Å². The van der Waals surface area contributed by atoms with Crippen LogP contribution in [0.25, 0.3) is 0 Å². The lowest BCUT2D eigenvalue weighted by Crippen LogP contribution is -2.11. The topological polar surface area (TPSA) is 35.5 Å². The molecule has 23 heavy (non-hydrogen) atoms. The average molecular weight is 332 g/mol. The van der Waals surface area contributed by atoms with E-state index in [0.717, 1.165) is 30.8 Å². The van der Waals surface area contributed by atoms with Crippen molar-refractivity contribution < 1.29 is 14.3 Å². The molecule has 1 atom stereocenters. The second-order valence-corrected chi connectivity index (χ2v) is 6.33. The second kappa shape index (κ2) is 9.36. The Morgan fingerprint density at radius 1 is 1.17 bits per heavy atom. The summed E-state index contributed by atoms with van der Waals surface area (Å²) in [5.41, 5.74) is 1.11. The van der Waals surface area contributed by atoms with Crippen LogP contribution in [-0.4, -0.2) is 19.2 Å². The van der Waals surface area contributed by atoms with Crippen LogP contribution in [0, 0.1) is 0 Å². The van der Waals surface area contributed by atoms with Crippen LogP contribution >= 0.6 is 11.3 Å². The van der Waals surface area contributed by atoms with Crippen molar-refractivity contribution in [3.63, 3.8) is 0 Å². The molecule has 2 rings (SSSR count). The van der Waals surface area contributed by atoms with E-state index in [1.165, 1.54) is 4.88 Å². The molecule has 1 unspecified atom stereocenters. The molecule has 1 aromatic carbocycles. The first-order chi connectivity index (χ1) is 11.2. The van der Waals surface area contributed by atoms with E-state index in [1.54, 1.807) is 11.3 Å². The molecule has 4 heteroatoms. The summed E-state index contributed by atoms with van der Waals surface area (Å²) in [6, 6.07) is 12.1. The zero-order valence-corrected chi connectivity index (χ0v) is 14.6. The summed E-state index contributed by atoms with van der Waals surface area (Å²) in [7, 11) is 0. The maximum atomic E-state index is 11.9. The maximum Gasteiger partial charge on any atom is 0.306 e. The van der Waals surface area contributed by atoms with Gasteiger partial charge in [-0.2, -0.15) is 0 Å². The maximum absolute atomic E-state index is 11.9. The largest absolute Gasteiger partial charge is 0.494 e. The monoisotopic (exact) mass is 332 g/mol. The van der Waals surface area contributed by atoms with E-state index in [1.807, 2.05) is 42.6 Å². The molecule has 0 radical (unpaired) electrons. The lowest BCUT2D eigenvalue weighted by molar-refractivity contribution is -0.143. The Bertz CT molecular complexity index is 575. The van der Waals surface area contributed by atoms with Gasteiger partial charge in [0, 0.05) is 10.8 Å². The fourth-order valence-corrected chi connectivity index (χ4v) is 3.24. The Kier molecular flexibility index (Phi) is 7.14. The molecule has 0 saturated heterocycles. The van der Waals surface area contributed by atoms with Gasteiger partial charge in [-0.15, -0.1) is 11.3 Å². The molecule has 0 aliphatic rings. The van der Waals surface area contributed by atoms with Crippen molar-refractivity contribution >= 4 is 17.3 Å². The quantitative estimate of drug-likeness (QED) is 0.478. The third kappa shape index (κ3) is 5.39. The molecule has 0 aliphatic heterocycles. The molecule has 1 aromatic heterocycles. The Labute approximate surface area is 142 Å². The average Bonchev–Trinajstić information content (AvgIpc) is 3.08. The van der Waals surface area contributed by atoms with E-state index in [9.17, 15) is 4.79 Å². The number of carbonyl (C=O) groups excluding carboxylic acids is 1. The summed E-state index contributed by atoms with van der Waals surface area (Å²) >= 11 is 1.67. The predicted molar refractivity (Wildman–Crippen MR) is 94.3 cm³/mol. The normalized spacial score (nSPS) is 11.9. The van der Waals surface area contributed by atoms with Crippen molar-refractivity contribution in [2.24, 2.45) is 0 Å². The van der Waals surface area contributed by atoms with Gasteiger partial charge in [-0.1, -0.05) is 31.5 Å². The number of rotatable bonds is 9. The number of thiophene rings is 1. The van der Waals surface area contributed by atoms with Crippen molar-refractivity contribution in [3.8, 4) is 5.75 Å². The highest BCUT2D eigenvalue weighted by Gasteiger charge is 2.20. The van der Waals surface area contributed by atoms with Gasteiger partial charge < -0.3 is 9.47 Å². The number of hydrogen-bond acceptors (Lipinski definition) is 4. The third-order valence-electron chi connectivity index (χ3n) is 3.61. The minimum Gasteiger partial charge on any atom is -0.494 e. The van der Waals surface area contributed by atoms with E-state index >= 15 is 0 Å². The van der Waals surface area contributed by atoms with Gasteiger partial charge in [-0.05, 0) is 42.5 Å². The first kappa shape index (κ1) is 17.5. The third-order valence-corrected chi connectivity index (χ3v) is 4.60. The molecule has 0 spiro atoms. The number of carbonyl (C=O) groups is 1. The summed E-state index contributed by atoms with van der Waals surface area (Å²) < 4.78 is 10.8. The van der Waals surface area contributed by atoms with Gasteiger partial charge in [0.2, 0.25) is 0 Å². The Morgan fingerprint density at radius 2 is 1.96 bits per heavy atom. The Hall–Kier alpha value is -1.81. The van der Waals surface area contributed by atoms with Crippen LogP contribution in [0.3, 0.4) is 0 Å². The van der Waals surface area contributed by atoms with Gasteiger partial charge in [-0.3, -0.25) is 4.79 Å². The van der Waals surface area contributed by atoms with Crippen molar-refractivity contribution in [3.05, 3.63) is 52.2 Å². The number of unbranched alkanes of at least 4 members (excludes halogenated alkanes) is 1. The first-order valence-corrected chi connectivity index (χ1v) is 9.04. The molecular weight excluding hydrogens is 308 g/mol. The van der Waals surface area contributed by atoms with Gasteiger partial charge in [0.15, 0.2) is 0 Å². The summed E-state index contributed by atoms with van der Waals surface area (Å²) in [5.74, 6) is 0.760. The van der Waals surface area contributed by atoms with E-state index in [0.29, 0.717) is 13.0 Å². The fraction of sp³-hybridized carbons (Fsp3) is 0.421. The van der Waals surface area contributed by atoms with E-state index < -0.39 is 0 Å². The van der Waals surface area contributed by atoms with Gasteiger partial charge >= 0.3 is 5.97 Å². The van der Waals surface area contributed by atoms with Crippen LogP contribution in [-0.2, 0) is 9.53 Å². The second-order valence-electron chi connectivity index (χ2n) is 5.35. The molecule has 0 fully saturated rings. The van der Waals surface area contributed by atoms with Crippen LogP contribution in [0.15, 0.2) is 41.8 Å². The van der Waals surface area contributed by atoms with Crippen molar-refractivity contribution in [1.82, 2.24) is 0 Å². The lowest BCUT2D eigenvalue weighted by Gasteiger charge is -2.16. The lowest BCUT2D eigenvalue weighted by atomic mass is 9.94. The number of ether oxygens (including phenoxy) is 2. The van der Waals surface area contributed by atoms with Gasteiger partial charge in [0.25, 0.3) is 0 Å². The molecule has 0 saturated carbocycles. The molecule has 1 heterocycles. The first-order valence-electron chi connectivity index (χ1n) is 8.16. The van der Waals surface area contributed by atoms with Crippen LogP contribution in [0.4, 0.5) is 0 Å². The zero-order valence-electron chi connectivity index (χ0n) is 13.8. The van der Waals surface area contributed by atoms with Crippen LogP contribution in [0.5, 0.6) is 5.75 Å². The number of esters is 1. The summed E-state index contributed by atoms with van der Waals surface area (Å²) in [5, 5.41) is 2.04. The van der Waals surface area contributed by atoms with Gasteiger partial charge in [0.1, 0.15) is 5.75 Å². The SMILES string of the molecule is CCCCOc1ccc(C(CC(=O)OCC)c2cccs2)cc1. The molecule has 0 bridgehead atoms. The van der Waals surface area contributed by atoms with Gasteiger partial charge in [-0.25, -0.2) is 0 Å². The Morgan fingerprint density at radius 3 is 2.57 bits per heavy atom. The molecular formula is C19H24O3S. The van der Waals surface area contributed by atoms with E-state index in [4.69, 9.17) is 9.47 Å². The van der Waals surface area contributed by atoms with E-state index in [-0.39, 0.29) is 11.9 Å². The molecule has 0 N–H and O–H groups in total. The molecule has 0 amide bonds. The standard InChI is InChI=1S/C19H24O3S/c1-3-5-12-22-16-10-8-15(9-11-16)17(14-19(20)21-4-2)18-7-6-13-23-18/h6-11,13,17H,3-5,12,14H2,1-2H3. The molecule has 0 aliphatic carbocycles. The van der Waals surface area contributed by atoms with Crippen molar-refractivity contribution in [2.45, 2.75) is 39.0 Å². The van der Waals surface area contributed by atoms with E-state index in [2.05, 4.69) is 13.0 Å². The molecule has 2 aromatic rings. The smallest absolute Gasteiger partial charge is 0.306 e. The van der Waals surface area contributed by atoms with Gasteiger partial charge in [0.05, 0.1) is 19.6 Å². The van der Waals surface area contributed by atoms with Crippen molar-refractivity contribution in [2.75, 3.05) is 13.2 Å². The predicted octanol–water partition coefficient (Wildman–Crippen LogP) is 5.01. The molecule has 124 valence electrons. The minimum absolute atomic E-state index is 0.0405. The number of hydrogen-bond donors (Lipinski definition) is 0. The zero-order chi connectivity index (χ0) is 16.5. The Balaban J connectivity index is 2.10. The minimum atomic E-state index is -0.158. The summed E-state index contributed by atoms with van der Waals surface area (Å²) in [6.45, 7) is 5.14. The van der Waals surface area contributed by atoms with Crippen LogP contribution < -0.4 is 4.74 Å². The van der Waals surface area contributed by atoms with Crippen molar-refractivity contribution in [1.29, 1.82) is 0 Å². The fourth-order valence-electron chi connectivity index (χ4n) is 2.39. The molecule has 3 nitrogen and oxygen atoms in total. The van der Waals surface area contributed by atoms with Crippen LogP contribution in [0.1, 0.15) is 49.5 Å².